The summed E-state index contributed by atoms with van der Waals surface area (Å²) < 4.78 is 43.8. The first-order valence-electron chi connectivity index (χ1n) is 8.04. The van der Waals surface area contributed by atoms with Crippen LogP contribution < -0.4 is 0 Å². The average molecular weight is 367 g/mol. The van der Waals surface area contributed by atoms with Crippen LogP contribution in [0.4, 0.5) is 13.2 Å². The molecule has 4 rings (SSSR count). The fourth-order valence-corrected chi connectivity index (χ4v) is 2.59. The number of benzene rings is 2. The Hall–Kier alpha value is -3.48. The van der Waals surface area contributed by atoms with Gasteiger partial charge in [-0.3, -0.25) is 4.98 Å². The van der Waals surface area contributed by atoms with Crippen molar-refractivity contribution in [1.29, 1.82) is 0 Å². The maximum absolute atomic E-state index is 12.7. The Bertz CT molecular complexity index is 1060. The van der Waals surface area contributed by atoms with Crippen molar-refractivity contribution in [3.63, 3.8) is 0 Å². The first-order valence-corrected chi connectivity index (χ1v) is 8.04. The first-order chi connectivity index (χ1) is 13.0. The molecule has 0 atom stereocenters. The van der Waals surface area contributed by atoms with Crippen molar-refractivity contribution in [3.05, 3.63) is 78.5 Å². The molecule has 0 amide bonds. The summed E-state index contributed by atoms with van der Waals surface area (Å²) in [5, 5.41) is 8.09. The molecular weight excluding hydrogens is 355 g/mol. The lowest BCUT2D eigenvalue weighted by atomic mass is 10.1. The summed E-state index contributed by atoms with van der Waals surface area (Å²) in [6.07, 6.45) is -2.82. The van der Waals surface area contributed by atoms with Gasteiger partial charge in [-0.05, 0) is 36.4 Å². The lowest BCUT2D eigenvalue weighted by Crippen LogP contribution is -2.04. The summed E-state index contributed by atoms with van der Waals surface area (Å²) in [4.78, 5) is 4.22. The van der Waals surface area contributed by atoms with Gasteiger partial charge in [-0.1, -0.05) is 30.3 Å². The Morgan fingerprint density at radius 2 is 1.37 bits per heavy atom. The predicted octanol–water partition coefficient (Wildman–Crippen LogP) is 5.48. The van der Waals surface area contributed by atoms with Gasteiger partial charge in [0.1, 0.15) is 0 Å². The fraction of sp³-hybridized carbons (Fsp3) is 0.0500. The van der Waals surface area contributed by atoms with Crippen LogP contribution in [0, 0.1) is 0 Å². The zero-order chi connectivity index (χ0) is 18.9. The molecule has 0 aliphatic rings. The molecule has 0 N–H and O–H groups in total. The molecule has 7 heteroatoms. The number of pyridine rings is 1. The van der Waals surface area contributed by atoms with Crippen LogP contribution in [0.25, 0.3) is 34.2 Å². The van der Waals surface area contributed by atoms with Crippen LogP contribution in [0.1, 0.15) is 5.56 Å². The van der Waals surface area contributed by atoms with E-state index in [1.165, 1.54) is 12.1 Å². The third-order valence-corrected chi connectivity index (χ3v) is 3.96. The highest BCUT2D eigenvalue weighted by atomic mass is 19.4. The van der Waals surface area contributed by atoms with Gasteiger partial charge in [-0.25, -0.2) is 0 Å². The second kappa shape index (κ2) is 6.68. The summed E-state index contributed by atoms with van der Waals surface area (Å²) in [5.74, 6) is 0.697. The fourth-order valence-electron chi connectivity index (χ4n) is 2.59. The molecule has 0 radical (unpaired) electrons. The molecule has 2 heterocycles. The number of aromatic nitrogens is 3. The third kappa shape index (κ3) is 3.57. The van der Waals surface area contributed by atoms with E-state index in [0.29, 0.717) is 28.6 Å². The zero-order valence-electron chi connectivity index (χ0n) is 13.8. The molecule has 0 aliphatic carbocycles. The van der Waals surface area contributed by atoms with E-state index in [1.807, 2.05) is 30.3 Å². The van der Waals surface area contributed by atoms with Crippen LogP contribution in [0.5, 0.6) is 0 Å². The van der Waals surface area contributed by atoms with E-state index in [-0.39, 0.29) is 0 Å². The summed E-state index contributed by atoms with van der Waals surface area (Å²) >= 11 is 0. The van der Waals surface area contributed by atoms with Gasteiger partial charge in [0.25, 0.3) is 0 Å². The Morgan fingerprint density at radius 3 is 2.04 bits per heavy atom. The largest absolute Gasteiger partial charge is 0.416 e. The van der Waals surface area contributed by atoms with E-state index in [1.54, 1.807) is 18.3 Å². The van der Waals surface area contributed by atoms with Crippen molar-refractivity contribution < 1.29 is 17.6 Å². The molecule has 4 aromatic rings. The van der Waals surface area contributed by atoms with Gasteiger partial charge in [0.15, 0.2) is 0 Å². The van der Waals surface area contributed by atoms with E-state index >= 15 is 0 Å². The van der Waals surface area contributed by atoms with Crippen molar-refractivity contribution in [3.8, 4) is 34.2 Å². The van der Waals surface area contributed by atoms with E-state index < -0.39 is 11.7 Å². The number of alkyl halides is 3. The van der Waals surface area contributed by atoms with E-state index in [0.717, 1.165) is 17.7 Å². The quantitative estimate of drug-likeness (QED) is 0.481. The number of nitrogens with zero attached hydrogens (tertiary/aromatic N) is 3. The summed E-state index contributed by atoms with van der Waals surface area (Å²) in [5.41, 5.74) is 1.81. The molecule has 0 saturated carbocycles. The van der Waals surface area contributed by atoms with Crippen molar-refractivity contribution in [1.82, 2.24) is 15.2 Å². The molecule has 0 saturated heterocycles. The number of rotatable bonds is 3. The maximum atomic E-state index is 12.7. The van der Waals surface area contributed by atoms with Crippen molar-refractivity contribution in [2.24, 2.45) is 0 Å². The zero-order valence-corrected chi connectivity index (χ0v) is 13.8. The molecule has 27 heavy (non-hydrogen) atoms. The molecule has 0 fully saturated rings. The van der Waals surface area contributed by atoms with Gasteiger partial charge in [0.05, 0.1) is 11.3 Å². The van der Waals surface area contributed by atoms with E-state index in [2.05, 4.69) is 15.2 Å². The monoisotopic (exact) mass is 367 g/mol. The molecule has 0 spiro atoms. The van der Waals surface area contributed by atoms with Crippen LogP contribution in [0.15, 0.2) is 77.3 Å². The molecule has 134 valence electrons. The van der Waals surface area contributed by atoms with Crippen molar-refractivity contribution in [2.45, 2.75) is 6.18 Å². The normalized spacial score (nSPS) is 11.5. The van der Waals surface area contributed by atoms with Crippen LogP contribution in [0.2, 0.25) is 0 Å². The highest BCUT2D eigenvalue weighted by Crippen LogP contribution is 2.31. The molecule has 0 unspecified atom stereocenters. The third-order valence-electron chi connectivity index (χ3n) is 3.96. The van der Waals surface area contributed by atoms with Crippen molar-refractivity contribution in [2.75, 3.05) is 0 Å². The van der Waals surface area contributed by atoms with Gasteiger partial charge in [-0.2, -0.15) is 13.2 Å². The standard InChI is InChI=1S/C20H12F3N3O/c21-20(22,23)16-8-6-13(7-9-16)17-12-15(10-11-24-17)19-26-25-18(27-19)14-4-2-1-3-5-14/h1-12H. The molecule has 4 nitrogen and oxygen atoms in total. The number of hydrogen-bond donors (Lipinski definition) is 0. The van der Waals surface area contributed by atoms with E-state index in [9.17, 15) is 13.2 Å². The molecule has 0 aliphatic heterocycles. The molecule has 2 aromatic carbocycles. The first kappa shape index (κ1) is 17.0. The van der Waals surface area contributed by atoms with E-state index in [4.69, 9.17) is 4.42 Å². The second-order valence-corrected chi connectivity index (χ2v) is 5.78. The van der Waals surface area contributed by atoms with Gasteiger partial charge in [0, 0.05) is 22.9 Å². The Balaban J connectivity index is 1.64. The second-order valence-electron chi connectivity index (χ2n) is 5.78. The number of halogens is 3. The predicted molar refractivity (Wildman–Crippen MR) is 93.4 cm³/mol. The smallest absolute Gasteiger partial charge is 0.416 e. The summed E-state index contributed by atoms with van der Waals surface area (Å²) in [6, 6.07) is 17.6. The van der Waals surface area contributed by atoms with Gasteiger partial charge in [0.2, 0.25) is 11.8 Å². The lowest BCUT2D eigenvalue weighted by Gasteiger charge is -2.07. The highest BCUT2D eigenvalue weighted by Gasteiger charge is 2.30. The van der Waals surface area contributed by atoms with Gasteiger partial charge in [-0.15, -0.1) is 10.2 Å². The lowest BCUT2D eigenvalue weighted by molar-refractivity contribution is -0.137. The number of hydrogen-bond acceptors (Lipinski definition) is 4. The summed E-state index contributed by atoms with van der Waals surface area (Å²) in [7, 11) is 0. The Labute approximate surface area is 152 Å². The molecular formula is C20H12F3N3O. The van der Waals surface area contributed by atoms with Crippen LogP contribution in [0.3, 0.4) is 0 Å². The SMILES string of the molecule is FC(F)(F)c1ccc(-c2cc(-c3nnc(-c4ccccc4)o3)ccn2)cc1. The minimum Gasteiger partial charge on any atom is -0.416 e. The summed E-state index contributed by atoms with van der Waals surface area (Å²) in [6.45, 7) is 0. The van der Waals surface area contributed by atoms with Crippen LogP contribution in [-0.2, 0) is 6.18 Å². The van der Waals surface area contributed by atoms with Gasteiger partial charge >= 0.3 is 6.18 Å². The Kier molecular flexibility index (Phi) is 4.19. The maximum Gasteiger partial charge on any atom is 0.416 e. The van der Waals surface area contributed by atoms with Crippen LogP contribution >= 0.6 is 0 Å². The molecule has 0 bridgehead atoms. The van der Waals surface area contributed by atoms with Crippen LogP contribution in [-0.4, -0.2) is 15.2 Å². The topological polar surface area (TPSA) is 51.8 Å². The van der Waals surface area contributed by atoms with Crippen molar-refractivity contribution >= 4 is 0 Å². The highest BCUT2D eigenvalue weighted by molar-refractivity contribution is 5.66. The minimum absolute atomic E-state index is 0.310. The van der Waals surface area contributed by atoms with Gasteiger partial charge < -0.3 is 4.42 Å². The molecule has 2 aromatic heterocycles. The minimum atomic E-state index is -4.37. The Morgan fingerprint density at radius 1 is 0.704 bits per heavy atom. The average Bonchev–Trinajstić information content (AvgIpc) is 3.19.